The van der Waals surface area contributed by atoms with Gasteiger partial charge in [-0.15, -0.1) is 0 Å². The number of amides is 1. The van der Waals surface area contributed by atoms with Crippen molar-refractivity contribution in [3.05, 3.63) is 95.5 Å². The summed E-state index contributed by atoms with van der Waals surface area (Å²) in [6, 6.07) is 19.8. The van der Waals surface area contributed by atoms with Crippen LogP contribution < -0.4 is 15.0 Å². The Morgan fingerprint density at radius 3 is 2.62 bits per heavy atom. The lowest BCUT2D eigenvalue weighted by Gasteiger charge is -2.58. The van der Waals surface area contributed by atoms with E-state index in [0.29, 0.717) is 40.5 Å². The maximum Gasteiger partial charge on any atom is 0.249 e. The zero-order chi connectivity index (χ0) is 32.8. The van der Waals surface area contributed by atoms with Crippen molar-refractivity contribution in [3.63, 3.8) is 0 Å². The number of nitrogens with zero attached hydrogens (tertiary/aromatic N) is 4. The Balaban J connectivity index is 0.938. The summed E-state index contributed by atoms with van der Waals surface area (Å²) in [5.41, 5.74) is 6.76. The predicted octanol–water partition coefficient (Wildman–Crippen LogP) is 6.41. The molecule has 1 unspecified atom stereocenters. The van der Waals surface area contributed by atoms with Crippen LogP contribution in [0.1, 0.15) is 73.0 Å². The van der Waals surface area contributed by atoms with Gasteiger partial charge in [0.15, 0.2) is 6.29 Å². The van der Waals surface area contributed by atoms with Crippen LogP contribution in [-0.2, 0) is 4.79 Å². The highest BCUT2D eigenvalue weighted by Crippen LogP contribution is 2.53. The molecule has 3 fully saturated rings. The average Bonchev–Trinajstić information content (AvgIpc) is 3.55. The molecule has 2 N–H and O–H groups in total. The first kappa shape index (κ1) is 30.8. The van der Waals surface area contributed by atoms with Crippen LogP contribution in [0.2, 0.25) is 0 Å². The molecule has 9 heteroatoms. The number of aromatic nitrogens is 2. The number of carbonyl (C=O) groups excluding carboxylic acids is 2. The van der Waals surface area contributed by atoms with Crippen molar-refractivity contribution in [1.29, 1.82) is 0 Å². The fourth-order valence-corrected chi connectivity index (χ4v) is 8.52. The summed E-state index contributed by atoms with van der Waals surface area (Å²) in [5, 5.41) is 3.91. The monoisotopic (exact) mass is 644 g/mol. The number of benzene rings is 2. The number of piperidine rings is 1. The Labute approximate surface area is 282 Å². The Morgan fingerprint density at radius 2 is 1.85 bits per heavy atom. The van der Waals surface area contributed by atoms with Crippen LogP contribution >= 0.6 is 0 Å². The quantitative estimate of drug-likeness (QED) is 0.203. The third-order valence-electron chi connectivity index (χ3n) is 11.2. The number of fused-ring (bicyclic) bond motifs is 1. The van der Waals surface area contributed by atoms with Crippen LogP contribution in [0.4, 0.5) is 5.69 Å². The minimum absolute atomic E-state index is 0.0195. The van der Waals surface area contributed by atoms with Crippen molar-refractivity contribution >= 4 is 28.9 Å². The molecule has 0 radical (unpaired) electrons. The highest BCUT2D eigenvalue weighted by molar-refractivity contribution is 5.96. The molecule has 1 aliphatic carbocycles. The van der Waals surface area contributed by atoms with Gasteiger partial charge in [0.2, 0.25) is 5.91 Å². The molecule has 4 aromatic rings. The minimum Gasteiger partial charge on any atom is -0.455 e. The Kier molecular flexibility index (Phi) is 8.05. The number of piperazine rings is 1. The second-order valence-electron chi connectivity index (χ2n) is 14.5. The number of anilines is 1. The smallest absolute Gasteiger partial charge is 0.249 e. The number of hydrogen-bond acceptors (Lipinski definition) is 7. The van der Waals surface area contributed by atoms with Crippen LogP contribution in [-0.4, -0.2) is 77.3 Å². The van der Waals surface area contributed by atoms with Gasteiger partial charge < -0.3 is 19.9 Å². The molecule has 1 amide bonds. The van der Waals surface area contributed by atoms with Crippen LogP contribution in [0.3, 0.4) is 0 Å². The summed E-state index contributed by atoms with van der Waals surface area (Å²) < 4.78 is 6.21. The molecular formula is C39H44N6O3. The summed E-state index contributed by atoms with van der Waals surface area (Å²) in [7, 11) is 0. The van der Waals surface area contributed by atoms with Gasteiger partial charge in [-0.3, -0.25) is 19.4 Å². The van der Waals surface area contributed by atoms with E-state index in [1.54, 1.807) is 12.3 Å². The zero-order valence-corrected chi connectivity index (χ0v) is 27.8. The summed E-state index contributed by atoms with van der Waals surface area (Å²) >= 11 is 0. The van der Waals surface area contributed by atoms with E-state index >= 15 is 0 Å². The van der Waals surface area contributed by atoms with Gasteiger partial charge in [-0.25, -0.2) is 4.98 Å². The lowest BCUT2D eigenvalue weighted by molar-refractivity contribution is -0.117. The molecule has 48 heavy (non-hydrogen) atoms. The highest BCUT2D eigenvalue weighted by Gasteiger charge is 2.50. The van der Waals surface area contributed by atoms with E-state index in [1.165, 1.54) is 36.8 Å². The minimum atomic E-state index is 0.0195. The lowest BCUT2D eigenvalue weighted by atomic mass is 9.59. The fourth-order valence-electron chi connectivity index (χ4n) is 8.52. The number of pyridine rings is 1. The summed E-state index contributed by atoms with van der Waals surface area (Å²) in [6.07, 6.45) is 11.0. The van der Waals surface area contributed by atoms with E-state index in [2.05, 4.69) is 68.1 Å². The average molecular weight is 645 g/mol. The van der Waals surface area contributed by atoms with Crippen LogP contribution in [0.5, 0.6) is 11.5 Å². The van der Waals surface area contributed by atoms with E-state index in [9.17, 15) is 9.59 Å². The van der Waals surface area contributed by atoms with Gasteiger partial charge in [-0.1, -0.05) is 38.1 Å². The molecular weight excluding hydrogens is 600 g/mol. The fraction of sp³-hybridized carbons (Fsp3) is 0.410. The number of hydrogen-bond donors (Lipinski definition) is 2. The number of nitrogens with one attached hydrogen (secondary N) is 2. The zero-order valence-electron chi connectivity index (χ0n) is 27.8. The molecule has 1 atom stereocenters. The van der Waals surface area contributed by atoms with Crippen LogP contribution in [0, 0.1) is 5.41 Å². The van der Waals surface area contributed by atoms with Crippen molar-refractivity contribution in [3.8, 4) is 11.5 Å². The Bertz CT molecular complexity index is 1860. The van der Waals surface area contributed by atoms with Gasteiger partial charge in [0, 0.05) is 86.5 Å². The molecule has 0 bridgehead atoms. The highest BCUT2D eigenvalue weighted by atomic mass is 16.5. The molecule has 5 heterocycles. The van der Waals surface area contributed by atoms with E-state index in [-0.39, 0.29) is 5.91 Å². The number of H-pyrrole nitrogens is 1. The van der Waals surface area contributed by atoms with Crippen LogP contribution in [0.15, 0.2) is 78.8 Å². The molecule has 2 saturated heterocycles. The number of carbonyl (C=O) groups is 2. The third-order valence-corrected chi connectivity index (χ3v) is 11.2. The molecule has 3 aliphatic heterocycles. The van der Waals surface area contributed by atoms with E-state index < -0.39 is 0 Å². The van der Waals surface area contributed by atoms with E-state index in [4.69, 9.17) is 4.74 Å². The summed E-state index contributed by atoms with van der Waals surface area (Å²) in [5.74, 6) is 1.66. The maximum absolute atomic E-state index is 11.9. The number of aromatic amines is 1. The molecule has 248 valence electrons. The van der Waals surface area contributed by atoms with Gasteiger partial charge >= 0.3 is 0 Å². The first-order chi connectivity index (χ1) is 23.4. The molecule has 8 rings (SSSR count). The molecule has 2 aromatic heterocycles. The van der Waals surface area contributed by atoms with Crippen molar-refractivity contribution in [2.24, 2.45) is 5.41 Å². The first-order valence-corrected chi connectivity index (χ1v) is 17.4. The number of rotatable bonds is 9. The van der Waals surface area contributed by atoms with Gasteiger partial charge in [-0.05, 0) is 72.4 Å². The van der Waals surface area contributed by atoms with Gasteiger partial charge in [-0.2, -0.15) is 0 Å². The molecule has 9 nitrogen and oxygen atoms in total. The van der Waals surface area contributed by atoms with Gasteiger partial charge in [0.25, 0.3) is 0 Å². The maximum atomic E-state index is 11.9. The standard InChI is InChI=1S/C39H44N6O3/c1-26(2)33-5-3-4-6-34(33)35-24-43(23-29-18-37(47)42-29)15-16-45(35)31-20-39(21-31)10-13-44(14-11-39)30-8-7-28(25-46)36(19-30)48-32-17-27-9-12-40-38(27)41-22-32/h3-9,12,17-19,22,25-26,31,35H,10-11,13-16,20-21,23-24H2,1-2H3,(H,40,41)(H,42,47). The lowest BCUT2D eigenvalue weighted by Crippen LogP contribution is -2.60. The summed E-state index contributed by atoms with van der Waals surface area (Å²) in [6.45, 7) is 10.4. The topological polar surface area (TPSA) is 93.8 Å². The summed E-state index contributed by atoms with van der Waals surface area (Å²) in [4.78, 5) is 38.7. The normalized spacial score (nSPS) is 21.6. The Morgan fingerprint density at radius 1 is 1.04 bits per heavy atom. The molecule has 1 saturated carbocycles. The van der Waals surface area contributed by atoms with Crippen molar-refractivity contribution in [2.45, 2.75) is 57.5 Å². The predicted molar refractivity (Wildman–Crippen MR) is 188 cm³/mol. The molecule has 2 aromatic carbocycles. The van der Waals surface area contributed by atoms with Gasteiger partial charge in [0.05, 0.1) is 11.8 Å². The first-order valence-electron chi connectivity index (χ1n) is 17.4. The molecule has 4 aliphatic rings. The van der Waals surface area contributed by atoms with Crippen molar-refractivity contribution < 1.29 is 14.3 Å². The second kappa shape index (κ2) is 12.5. The van der Waals surface area contributed by atoms with E-state index in [1.807, 2.05) is 36.5 Å². The SMILES string of the molecule is CC(C)c1ccccc1C1CN(CC2=CC(=O)N2)CCN1C1CC2(CCN(c3ccc(C=O)c(Oc4cnc5[nH]ccc5c4)c3)CC2)C1. The second-order valence-corrected chi connectivity index (χ2v) is 14.5. The molecule has 1 spiro atoms. The van der Waals surface area contributed by atoms with Crippen LogP contribution in [0.25, 0.3) is 11.0 Å². The number of ether oxygens (including phenoxy) is 1. The number of aldehydes is 1. The largest absolute Gasteiger partial charge is 0.455 e. The van der Waals surface area contributed by atoms with E-state index in [0.717, 1.165) is 68.0 Å². The Hall–Kier alpha value is -4.47. The third kappa shape index (κ3) is 5.90. The van der Waals surface area contributed by atoms with Crippen molar-refractivity contribution in [1.82, 2.24) is 25.1 Å². The van der Waals surface area contributed by atoms with Crippen molar-refractivity contribution in [2.75, 3.05) is 44.2 Å². The van der Waals surface area contributed by atoms with Gasteiger partial charge in [0.1, 0.15) is 17.1 Å².